The Balaban J connectivity index is 1.83. The highest BCUT2D eigenvalue weighted by molar-refractivity contribution is 9.15. The van der Waals surface area contributed by atoms with Gasteiger partial charge in [-0.2, -0.15) is 5.01 Å². The first-order valence-corrected chi connectivity index (χ1v) is 13.7. The van der Waals surface area contributed by atoms with E-state index in [0.29, 0.717) is 14.0 Å². The molecule has 3 aromatic carbocycles. The van der Waals surface area contributed by atoms with E-state index in [4.69, 9.17) is 23.2 Å². The Morgan fingerprint density at radius 3 is 1.78 bits per heavy atom. The van der Waals surface area contributed by atoms with Crippen molar-refractivity contribution >= 4 is 110 Å². The molecule has 13 heteroatoms. The number of hydrogen-bond acceptors (Lipinski definition) is 4. The van der Waals surface area contributed by atoms with E-state index >= 15 is 0 Å². The molecule has 0 unspecified atom stereocenters. The molecule has 184 valence electrons. The molecule has 6 nitrogen and oxygen atoms in total. The topological polar surface area (TPSA) is 74.8 Å². The zero-order chi connectivity index (χ0) is 26.5. The number of ketones is 1. The summed E-state index contributed by atoms with van der Waals surface area (Å²) in [5.41, 5.74) is 0.0346. The summed E-state index contributed by atoms with van der Waals surface area (Å²) >= 11 is 25.4. The standard InChI is InChI=1S/C23H9Br4Cl2FN2O4/c24-17-15-16(18(25)20(27)19(17)26)23(36)32(22(15)35)31(8-14(33)9-1-4-11(30)5-2-9)21(34)10-3-6-12(28)13(29)7-10/h1-7H,8H2. The number of benzene rings is 3. The van der Waals surface area contributed by atoms with Crippen molar-refractivity contribution in [2.24, 2.45) is 0 Å². The quantitative estimate of drug-likeness (QED) is 0.115. The molecule has 0 bridgehead atoms. The molecular formula is C23H9Br4Cl2FN2O4. The number of Topliss-reactive ketones (excluding diaryl/α,β-unsaturated/α-hetero) is 1. The number of amides is 3. The molecule has 0 N–H and O–H groups in total. The first-order valence-electron chi connectivity index (χ1n) is 9.74. The fraction of sp³-hybridized carbons (Fsp3) is 0.0435. The maximum absolute atomic E-state index is 13.6. The SMILES string of the molecule is O=C(CN(C(=O)c1ccc(Cl)c(Cl)c1)N1C(=O)c2c(Br)c(Br)c(Br)c(Br)c2C1=O)c1ccc(F)cc1. The van der Waals surface area contributed by atoms with Crippen LogP contribution in [0.15, 0.2) is 60.4 Å². The summed E-state index contributed by atoms with van der Waals surface area (Å²) in [5.74, 6) is -3.72. The lowest BCUT2D eigenvalue weighted by Crippen LogP contribution is -2.51. The molecule has 0 saturated heterocycles. The third-order valence-corrected chi connectivity index (χ3v) is 10.7. The number of nitrogens with zero attached hydrogens (tertiary/aromatic N) is 2. The molecule has 0 spiro atoms. The number of imide groups is 1. The van der Waals surface area contributed by atoms with Crippen LogP contribution >= 0.6 is 86.9 Å². The third-order valence-electron chi connectivity index (χ3n) is 5.18. The van der Waals surface area contributed by atoms with Gasteiger partial charge in [0.05, 0.1) is 21.2 Å². The lowest BCUT2D eigenvalue weighted by molar-refractivity contribution is 0.00527. The highest BCUT2D eigenvalue weighted by atomic mass is 79.9. The minimum Gasteiger partial charge on any atom is -0.292 e. The normalized spacial score (nSPS) is 12.7. The molecule has 0 saturated carbocycles. The molecule has 3 amide bonds. The number of carbonyl (C=O) groups excluding carboxylic acids is 4. The Labute approximate surface area is 247 Å². The summed E-state index contributed by atoms with van der Waals surface area (Å²) in [7, 11) is 0. The van der Waals surface area contributed by atoms with Crippen molar-refractivity contribution in [2.45, 2.75) is 0 Å². The van der Waals surface area contributed by atoms with Crippen LogP contribution in [0, 0.1) is 5.82 Å². The largest absolute Gasteiger partial charge is 0.292 e. The smallest absolute Gasteiger partial charge is 0.282 e. The average molecular weight is 787 g/mol. The Kier molecular flexibility index (Phi) is 8.09. The maximum Gasteiger partial charge on any atom is 0.282 e. The van der Waals surface area contributed by atoms with Gasteiger partial charge in [0, 0.05) is 29.0 Å². The van der Waals surface area contributed by atoms with Gasteiger partial charge in [0.1, 0.15) is 12.4 Å². The van der Waals surface area contributed by atoms with Crippen molar-refractivity contribution in [3.8, 4) is 0 Å². The molecule has 0 aromatic heterocycles. The van der Waals surface area contributed by atoms with Crippen LogP contribution in [0.2, 0.25) is 10.0 Å². The van der Waals surface area contributed by atoms with Crippen LogP contribution in [0.5, 0.6) is 0 Å². The van der Waals surface area contributed by atoms with Crippen LogP contribution < -0.4 is 0 Å². The summed E-state index contributed by atoms with van der Waals surface area (Å²) in [5, 5.41) is 1.58. The fourth-order valence-corrected chi connectivity index (χ4v) is 6.19. The molecule has 3 aromatic rings. The molecule has 0 atom stereocenters. The van der Waals surface area contributed by atoms with Crippen LogP contribution in [-0.4, -0.2) is 40.1 Å². The molecule has 36 heavy (non-hydrogen) atoms. The van der Waals surface area contributed by atoms with Crippen molar-refractivity contribution in [2.75, 3.05) is 6.54 Å². The molecule has 1 aliphatic rings. The maximum atomic E-state index is 13.6. The first kappa shape index (κ1) is 27.4. The zero-order valence-electron chi connectivity index (χ0n) is 17.4. The highest BCUT2D eigenvalue weighted by Gasteiger charge is 2.46. The van der Waals surface area contributed by atoms with E-state index in [1.165, 1.54) is 30.3 Å². The minimum absolute atomic E-state index is 0.0110. The number of rotatable bonds is 5. The lowest BCUT2D eigenvalue weighted by Gasteiger charge is -2.29. The Morgan fingerprint density at radius 2 is 1.28 bits per heavy atom. The van der Waals surface area contributed by atoms with Gasteiger partial charge in [0.15, 0.2) is 5.78 Å². The van der Waals surface area contributed by atoms with E-state index in [1.807, 2.05) is 0 Å². The average Bonchev–Trinajstić information content (AvgIpc) is 3.11. The molecule has 1 heterocycles. The van der Waals surface area contributed by atoms with Crippen molar-refractivity contribution in [3.05, 3.63) is 98.5 Å². The first-order chi connectivity index (χ1) is 16.9. The molecule has 1 aliphatic heterocycles. The summed E-state index contributed by atoms with van der Waals surface area (Å²) < 4.78 is 14.8. The number of hydrogen-bond donors (Lipinski definition) is 0. The van der Waals surface area contributed by atoms with Crippen LogP contribution in [0.1, 0.15) is 41.4 Å². The van der Waals surface area contributed by atoms with Gasteiger partial charge in [0.25, 0.3) is 17.7 Å². The molecule has 4 rings (SSSR count). The van der Waals surface area contributed by atoms with Gasteiger partial charge in [-0.15, -0.1) is 0 Å². The third kappa shape index (κ3) is 4.81. The second-order valence-corrected chi connectivity index (χ2v) is 11.3. The van der Waals surface area contributed by atoms with Gasteiger partial charge in [-0.1, -0.05) is 23.2 Å². The van der Waals surface area contributed by atoms with E-state index in [0.717, 1.165) is 17.1 Å². The number of halogens is 7. The van der Waals surface area contributed by atoms with Crippen LogP contribution in [0.3, 0.4) is 0 Å². The molecular weight excluding hydrogens is 778 g/mol. The Bertz CT molecular complexity index is 1440. The summed E-state index contributed by atoms with van der Waals surface area (Å²) in [6.45, 7) is -0.701. The zero-order valence-corrected chi connectivity index (χ0v) is 25.3. The van der Waals surface area contributed by atoms with Crippen molar-refractivity contribution in [1.29, 1.82) is 0 Å². The lowest BCUT2D eigenvalue weighted by atomic mass is 10.1. The predicted molar refractivity (Wildman–Crippen MR) is 146 cm³/mol. The van der Waals surface area contributed by atoms with E-state index < -0.39 is 35.9 Å². The van der Waals surface area contributed by atoms with Crippen molar-refractivity contribution < 1.29 is 23.6 Å². The molecule has 0 fully saturated rings. The minimum atomic E-state index is -0.857. The Hall–Kier alpha value is -1.63. The van der Waals surface area contributed by atoms with E-state index in [1.54, 1.807) is 0 Å². The summed E-state index contributed by atoms with van der Waals surface area (Å²) in [6, 6.07) is 8.64. The molecule has 0 radical (unpaired) electrons. The highest BCUT2D eigenvalue weighted by Crippen LogP contribution is 2.45. The van der Waals surface area contributed by atoms with Gasteiger partial charge >= 0.3 is 0 Å². The van der Waals surface area contributed by atoms with E-state index in [9.17, 15) is 23.6 Å². The van der Waals surface area contributed by atoms with Gasteiger partial charge in [-0.25, -0.2) is 9.40 Å². The monoisotopic (exact) mass is 782 g/mol. The van der Waals surface area contributed by atoms with Gasteiger partial charge in [-0.05, 0) is 106 Å². The van der Waals surface area contributed by atoms with Crippen molar-refractivity contribution in [3.63, 3.8) is 0 Å². The van der Waals surface area contributed by atoms with Crippen LogP contribution in [-0.2, 0) is 0 Å². The van der Waals surface area contributed by atoms with E-state index in [2.05, 4.69) is 63.7 Å². The van der Waals surface area contributed by atoms with Gasteiger partial charge in [-0.3, -0.25) is 19.2 Å². The summed E-state index contributed by atoms with van der Waals surface area (Å²) in [4.78, 5) is 53.7. The molecule has 0 aliphatic carbocycles. The predicted octanol–water partition coefficient (Wildman–Crippen LogP) is 7.72. The van der Waals surface area contributed by atoms with Gasteiger partial charge in [0.2, 0.25) is 0 Å². The Morgan fingerprint density at radius 1 is 0.778 bits per heavy atom. The summed E-state index contributed by atoms with van der Waals surface area (Å²) in [6.07, 6.45) is 0. The number of carbonyl (C=O) groups is 4. The second-order valence-electron chi connectivity index (χ2n) is 7.35. The van der Waals surface area contributed by atoms with Crippen LogP contribution in [0.4, 0.5) is 4.39 Å². The second kappa shape index (κ2) is 10.6. The number of hydrazine groups is 1. The van der Waals surface area contributed by atoms with Crippen LogP contribution in [0.25, 0.3) is 0 Å². The van der Waals surface area contributed by atoms with Crippen molar-refractivity contribution in [1.82, 2.24) is 10.0 Å². The number of fused-ring (bicyclic) bond motifs is 1. The fourth-order valence-electron chi connectivity index (χ4n) is 3.43. The van der Waals surface area contributed by atoms with Gasteiger partial charge < -0.3 is 0 Å². The van der Waals surface area contributed by atoms with E-state index in [-0.39, 0.29) is 41.2 Å².